The molecule has 8 heteroatoms. The smallest absolute Gasteiger partial charge is 0.328 e. The zero-order valence-electron chi connectivity index (χ0n) is 21.5. The Hall–Kier alpha value is -3.52. The van der Waals surface area contributed by atoms with Gasteiger partial charge in [-0.1, -0.05) is 12.1 Å². The molecule has 0 aliphatic carbocycles. The third-order valence-electron chi connectivity index (χ3n) is 7.83. The molecule has 190 valence electrons. The molecular weight excluding hydrogens is 456 g/mol. The third-order valence-corrected chi connectivity index (χ3v) is 7.83. The number of aromatic nitrogens is 1. The molecule has 5 rings (SSSR count). The molecule has 0 spiro atoms. The Morgan fingerprint density at radius 2 is 2.00 bits per heavy atom. The molecule has 0 radical (unpaired) electrons. The maximum atomic E-state index is 13.9. The van der Waals surface area contributed by atoms with Gasteiger partial charge in [-0.25, -0.2) is 4.79 Å². The van der Waals surface area contributed by atoms with E-state index in [4.69, 9.17) is 4.74 Å². The van der Waals surface area contributed by atoms with E-state index in [2.05, 4.69) is 23.7 Å². The maximum absolute atomic E-state index is 13.9. The highest BCUT2D eigenvalue weighted by Gasteiger charge is 2.60. The SMILES string of the molecule is COc1ccc2[nH]c3c(c2c1)CC1(C)C(=O)N(CCCN(C)C(C)C)C(=O)N1C3c1cccc(O)c1. The van der Waals surface area contributed by atoms with Crippen molar-refractivity contribution in [2.24, 2.45) is 0 Å². The van der Waals surface area contributed by atoms with Gasteiger partial charge in [0.05, 0.1) is 7.11 Å². The van der Waals surface area contributed by atoms with Gasteiger partial charge >= 0.3 is 6.03 Å². The Morgan fingerprint density at radius 1 is 1.22 bits per heavy atom. The van der Waals surface area contributed by atoms with Crippen molar-refractivity contribution < 1.29 is 19.4 Å². The van der Waals surface area contributed by atoms with E-state index in [1.54, 1.807) is 30.2 Å². The number of amides is 3. The van der Waals surface area contributed by atoms with Crippen molar-refractivity contribution in [2.45, 2.75) is 51.2 Å². The molecule has 2 N–H and O–H groups in total. The van der Waals surface area contributed by atoms with Crippen LogP contribution in [-0.4, -0.2) is 75.6 Å². The number of carbonyl (C=O) groups excluding carboxylic acids is 2. The molecule has 2 aromatic carbocycles. The molecule has 3 amide bonds. The minimum absolute atomic E-state index is 0.116. The van der Waals surface area contributed by atoms with E-state index in [0.717, 1.165) is 40.0 Å². The highest BCUT2D eigenvalue weighted by Crippen LogP contribution is 2.49. The Kier molecular flexibility index (Phi) is 5.95. The Bertz CT molecular complexity index is 1330. The van der Waals surface area contributed by atoms with Crippen molar-refractivity contribution in [2.75, 3.05) is 27.2 Å². The van der Waals surface area contributed by atoms with Gasteiger partial charge in [0, 0.05) is 35.6 Å². The number of aromatic hydroxyl groups is 1. The molecule has 36 heavy (non-hydrogen) atoms. The van der Waals surface area contributed by atoms with Crippen LogP contribution in [0.2, 0.25) is 0 Å². The lowest BCUT2D eigenvalue weighted by atomic mass is 9.81. The molecule has 1 fully saturated rings. The summed E-state index contributed by atoms with van der Waals surface area (Å²) in [5.41, 5.74) is 2.50. The molecule has 2 unspecified atom stereocenters. The highest BCUT2D eigenvalue weighted by atomic mass is 16.5. The average molecular weight is 491 g/mol. The average Bonchev–Trinajstić information content (AvgIpc) is 3.29. The second-order valence-corrected chi connectivity index (χ2v) is 10.4. The van der Waals surface area contributed by atoms with Crippen LogP contribution in [0.5, 0.6) is 11.5 Å². The van der Waals surface area contributed by atoms with E-state index in [9.17, 15) is 14.7 Å². The molecule has 0 bridgehead atoms. The number of phenolic OH excluding ortho intramolecular Hbond substituents is 1. The van der Waals surface area contributed by atoms with Gasteiger partial charge in [-0.05, 0) is 82.2 Å². The van der Waals surface area contributed by atoms with Gasteiger partial charge < -0.3 is 19.7 Å². The van der Waals surface area contributed by atoms with Gasteiger partial charge in [0.1, 0.15) is 23.1 Å². The van der Waals surface area contributed by atoms with Crippen molar-refractivity contribution >= 4 is 22.8 Å². The lowest BCUT2D eigenvalue weighted by molar-refractivity contribution is -0.133. The number of phenols is 1. The lowest BCUT2D eigenvalue weighted by Crippen LogP contribution is -2.53. The Balaban J connectivity index is 1.60. The summed E-state index contributed by atoms with van der Waals surface area (Å²) in [6, 6.07) is 12.3. The van der Waals surface area contributed by atoms with Crippen LogP contribution in [-0.2, 0) is 11.2 Å². The van der Waals surface area contributed by atoms with Gasteiger partial charge in [-0.3, -0.25) is 14.6 Å². The zero-order chi connectivity index (χ0) is 25.8. The number of aromatic amines is 1. The predicted molar refractivity (Wildman–Crippen MR) is 138 cm³/mol. The van der Waals surface area contributed by atoms with Gasteiger partial charge in [0.25, 0.3) is 5.91 Å². The minimum atomic E-state index is -1.04. The van der Waals surface area contributed by atoms with Crippen LogP contribution in [0.15, 0.2) is 42.5 Å². The normalized spacial score (nSPS) is 21.6. The number of benzene rings is 2. The predicted octanol–water partition coefficient (Wildman–Crippen LogP) is 4.28. The number of H-pyrrole nitrogens is 1. The number of nitrogens with one attached hydrogen (secondary N) is 1. The van der Waals surface area contributed by atoms with E-state index in [0.29, 0.717) is 25.4 Å². The summed E-state index contributed by atoms with van der Waals surface area (Å²) in [5, 5.41) is 11.3. The number of hydrogen-bond acceptors (Lipinski definition) is 5. The van der Waals surface area contributed by atoms with Crippen LogP contribution in [0.1, 0.15) is 50.1 Å². The second kappa shape index (κ2) is 8.85. The monoisotopic (exact) mass is 490 g/mol. The third kappa shape index (κ3) is 3.71. The molecule has 2 aliphatic heterocycles. The van der Waals surface area contributed by atoms with Crippen molar-refractivity contribution in [3.05, 3.63) is 59.3 Å². The Morgan fingerprint density at radius 3 is 2.69 bits per heavy atom. The van der Waals surface area contributed by atoms with Crippen LogP contribution in [0.25, 0.3) is 10.9 Å². The summed E-state index contributed by atoms with van der Waals surface area (Å²) >= 11 is 0. The van der Waals surface area contributed by atoms with Crippen molar-refractivity contribution in [1.82, 2.24) is 19.7 Å². The van der Waals surface area contributed by atoms with E-state index in [1.807, 2.05) is 38.2 Å². The van der Waals surface area contributed by atoms with Crippen LogP contribution < -0.4 is 4.74 Å². The van der Waals surface area contributed by atoms with E-state index >= 15 is 0 Å². The van der Waals surface area contributed by atoms with Crippen LogP contribution in [0, 0.1) is 0 Å². The highest BCUT2D eigenvalue weighted by molar-refractivity contribution is 6.08. The number of urea groups is 1. The molecule has 2 aliphatic rings. The number of fused-ring (bicyclic) bond motifs is 4. The molecule has 2 atom stereocenters. The molecule has 1 aromatic heterocycles. The number of methoxy groups -OCH3 is 1. The first-order valence-electron chi connectivity index (χ1n) is 12.5. The fourth-order valence-corrected chi connectivity index (χ4v) is 5.59. The van der Waals surface area contributed by atoms with Gasteiger partial charge in [-0.2, -0.15) is 0 Å². The Labute approximate surface area is 211 Å². The number of rotatable bonds is 7. The minimum Gasteiger partial charge on any atom is -0.508 e. The van der Waals surface area contributed by atoms with Gasteiger partial charge in [0.2, 0.25) is 0 Å². The number of nitrogens with zero attached hydrogens (tertiary/aromatic N) is 3. The molecular formula is C28H34N4O4. The van der Waals surface area contributed by atoms with Crippen LogP contribution in [0.3, 0.4) is 0 Å². The standard InChI is InChI=1S/C28H34N4O4/c1-17(2)30(4)12-7-13-31-26(34)28(3)16-22-21-15-20(36-5)10-11-23(21)29-24(22)25(32(28)27(31)35)18-8-6-9-19(33)14-18/h6,8-11,14-15,17,25,29,33H,7,12-13,16H2,1-5H3. The first kappa shape index (κ1) is 24.2. The quantitative estimate of drug-likeness (QED) is 0.483. The van der Waals surface area contributed by atoms with E-state index in [1.165, 1.54) is 4.90 Å². The van der Waals surface area contributed by atoms with Crippen molar-refractivity contribution in [1.29, 1.82) is 0 Å². The summed E-state index contributed by atoms with van der Waals surface area (Å²) in [4.78, 5) is 36.6. The van der Waals surface area contributed by atoms with Crippen molar-refractivity contribution in [3.8, 4) is 11.5 Å². The summed E-state index contributed by atoms with van der Waals surface area (Å²) in [6.07, 6.45) is 1.11. The van der Waals surface area contributed by atoms with Crippen molar-refractivity contribution in [3.63, 3.8) is 0 Å². The molecule has 1 saturated heterocycles. The van der Waals surface area contributed by atoms with Crippen LogP contribution in [0.4, 0.5) is 4.79 Å². The topological polar surface area (TPSA) is 89.1 Å². The maximum Gasteiger partial charge on any atom is 0.328 e. The number of carbonyl (C=O) groups is 2. The van der Waals surface area contributed by atoms with Gasteiger partial charge in [0.15, 0.2) is 0 Å². The number of ether oxygens (including phenoxy) is 1. The second-order valence-electron chi connectivity index (χ2n) is 10.4. The molecule has 0 saturated carbocycles. The van der Waals surface area contributed by atoms with E-state index < -0.39 is 11.6 Å². The fraction of sp³-hybridized carbons (Fsp3) is 0.429. The molecule has 3 aromatic rings. The summed E-state index contributed by atoms with van der Waals surface area (Å²) in [6.45, 7) is 7.28. The number of hydrogen-bond donors (Lipinski definition) is 2. The summed E-state index contributed by atoms with van der Waals surface area (Å²) < 4.78 is 5.47. The van der Waals surface area contributed by atoms with Gasteiger partial charge in [-0.15, -0.1) is 0 Å². The summed E-state index contributed by atoms with van der Waals surface area (Å²) in [5.74, 6) is 0.675. The summed E-state index contributed by atoms with van der Waals surface area (Å²) in [7, 11) is 3.68. The fourth-order valence-electron chi connectivity index (χ4n) is 5.59. The molecule has 8 nitrogen and oxygen atoms in total. The van der Waals surface area contributed by atoms with E-state index in [-0.39, 0.29) is 17.7 Å². The lowest BCUT2D eigenvalue weighted by Gasteiger charge is -2.42. The number of imide groups is 1. The zero-order valence-corrected chi connectivity index (χ0v) is 21.5. The first-order chi connectivity index (χ1) is 17.2. The molecule has 3 heterocycles. The van der Waals surface area contributed by atoms with Crippen LogP contribution >= 0.6 is 0 Å². The largest absolute Gasteiger partial charge is 0.508 e. The first-order valence-corrected chi connectivity index (χ1v) is 12.5.